The Morgan fingerprint density at radius 3 is 3.20 bits per heavy atom. The molecular weight excluding hydrogens is 290 g/mol. The molecule has 5 heteroatoms. The van der Waals surface area contributed by atoms with Gasteiger partial charge in [0.1, 0.15) is 10.2 Å². The summed E-state index contributed by atoms with van der Waals surface area (Å²) in [5.74, 6) is 0. The Balaban J connectivity index is 1.90. The van der Waals surface area contributed by atoms with E-state index in [1.807, 2.05) is 6.07 Å². The van der Waals surface area contributed by atoms with E-state index >= 15 is 0 Å². The lowest BCUT2D eigenvalue weighted by atomic mass is 9.98. The van der Waals surface area contributed by atoms with Gasteiger partial charge in [-0.3, -0.25) is 0 Å². The van der Waals surface area contributed by atoms with E-state index in [2.05, 4.69) is 28.5 Å². The molecule has 20 heavy (non-hydrogen) atoms. The highest BCUT2D eigenvalue weighted by Crippen LogP contribution is 2.36. The molecule has 0 fully saturated rings. The van der Waals surface area contributed by atoms with Crippen LogP contribution in [-0.2, 0) is 6.42 Å². The molecule has 0 saturated carbocycles. The van der Waals surface area contributed by atoms with E-state index in [4.69, 9.17) is 16.6 Å². The third-order valence-corrected chi connectivity index (χ3v) is 4.81. The Hall–Kier alpha value is -1.65. The van der Waals surface area contributed by atoms with Gasteiger partial charge in [0, 0.05) is 30.1 Å². The number of rotatable bonds is 1. The Labute approximate surface area is 125 Å². The molecule has 0 aliphatic carbocycles. The van der Waals surface area contributed by atoms with Crippen molar-refractivity contribution in [2.24, 2.45) is 0 Å². The number of benzene rings is 1. The van der Waals surface area contributed by atoms with Gasteiger partial charge >= 0.3 is 0 Å². The fourth-order valence-corrected chi connectivity index (χ4v) is 3.76. The highest BCUT2D eigenvalue weighted by Gasteiger charge is 2.16. The van der Waals surface area contributed by atoms with Crippen LogP contribution in [0.3, 0.4) is 0 Å². The molecule has 0 atom stereocenters. The number of nitrogens with zero attached hydrogens (tertiary/aromatic N) is 2. The SMILES string of the molecule is Clc1cc2nc(-c3cccc4c3CCCN4)sc2cn1. The quantitative estimate of drug-likeness (QED) is 0.678. The van der Waals surface area contributed by atoms with Crippen LogP contribution >= 0.6 is 22.9 Å². The van der Waals surface area contributed by atoms with Gasteiger partial charge in [-0.05, 0) is 24.5 Å². The normalized spacial score (nSPS) is 14.1. The van der Waals surface area contributed by atoms with Crippen molar-refractivity contribution in [3.8, 4) is 10.6 Å². The Kier molecular flexibility index (Phi) is 2.86. The van der Waals surface area contributed by atoms with E-state index < -0.39 is 0 Å². The maximum absolute atomic E-state index is 5.93. The molecule has 3 nitrogen and oxygen atoms in total. The lowest BCUT2D eigenvalue weighted by molar-refractivity contribution is 0.832. The van der Waals surface area contributed by atoms with Crippen LogP contribution in [0.5, 0.6) is 0 Å². The summed E-state index contributed by atoms with van der Waals surface area (Å²) in [5, 5.41) is 5.00. The van der Waals surface area contributed by atoms with Crippen molar-refractivity contribution < 1.29 is 0 Å². The maximum Gasteiger partial charge on any atom is 0.131 e. The molecular formula is C15H12ClN3S. The van der Waals surface area contributed by atoms with Crippen LogP contribution in [0.15, 0.2) is 30.5 Å². The topological polar surface area (TPSA) is 37.8 Å². The predicted octanol–water partition coefficient (Wildman–Crippen LogP) is 4.37. The van der Waals surface area contributed by atoms with Gasteiger partial charge in [-0.15, -0.1) is 11.3 Å². The van der Waals surface area contributed by atoms with Gasteiger partial charge < -0.3 is 5.32 Å². The molecule has 0 amide bonds. The third kappa shape index (κ3) is 1.96. The van der Waals surface area contributed by atoms with Crippen molar-refractivity contribution in [3.63, 3.8) is 0 Å². The number of fused-ring (bicyclic) bond motifs is 2. The largest absolute Gasteiger partial charge is 0.385 e. The second-order valence-corrected chi connectivity index (χ2v) is 6.27. The first-order valence-electron chi connectivity index (χ1n) is 6.59. The van der Waals surface area contributed by atoms with Crippen molar-refractivity contribution in [2.75, 3.05) is 11.9 Å². The summed E-state index contributed by atoms with van der Waals surface area (Å²) < 4.78 is 1.07. The fraction of sp³-hybridized carbons (Fsp3) is 0.200. The number of nitrogens with one attached hydrogen (secondary N) is 1. The zero-order valence-electron chi connectivity index (χ0n) is 10.7. The second kappa shape index (κ2) is 4.72. The van der Waals surface area contributed by atoms with Crippen LogP contribution in [0.2, 0.25) is 5.15 Å². The fourth-order valence-electron chi connectivity index (χ4n) is 2.64. The van der Waals surface area contributed by atoms with Gasteiger partial charge in [-0.25, -0.2) is 9.97 Å². The Morgan fingerprint density at radius 2 is 2.25 bits per heavy atom. The van der Waals surface area contributed by atoms with Crippen molar-refractivity contribution in [1.29, 1.82) is 0 Å². The molecule has 4 rings (SSSR count). The number of anilines is 1. The van der Waals surface area contributed by atoms with Gasteiger partial charge in [-0.2, -0.15) is 0 Å². The average molecular weight is 302 g/mol. The summed E-state index contributed by atoms with van der Waals surface area (Å²) in [4.78, 5) is 8.84. The molecule has 1 aliphatic rings. The monoisotopic (exact) mass is 301 g/mol. The van der Waals surface area contributed by atoms with E-state index in [1.165, 1.54) is 23.2 Å². The maximum atomic E-state index is 5.93. The van der Waals surface area contributed by atoms with Crippen LogP contribution < -0.4 is 5.32 Å². The summed E-state index contributed by atoms with van der Waals surface area (Å²) >= 11 is 7.60. The molecule has 0 radical (unpaired) electrons. The van der Waals surface area contributed by atoms with E-state index in [0.717, 1.165) is 28.2 Å². The third-order valence-electron chi connectivity index (χ3n) is 3.57. The Morgan fingerprint density at radius 1 is 1.30 bits per heavy atom. The van der Waals surface area contributed by atoms with Crippen LogP contribution in [0.25, 0.3) is 20.8 Å². The summed E-state index contributed by atoms with van der Waals surface area (Å²) in [6, 6.07) is 8.20. The molecule has 1 aliphatic heterocycles. The summed E-state index contributed by atoms with van der Waals surface area (Å²) in [7, 11) is 0. The minimum Gasteiger partial charge on any atom is -0.385 e. The minimum atomic E-state index is 0.492. The van der Waals surface area contributed by atoms with Crippen LogP contribution in [0, 0.1) is 0 Å². The van der Waals surface area contributed by atoms with Gasteiger partial charge in [0.2, 0.25) is 0 Å². The number of hydrogen-bond donors (Lipinski definition) is 1. The predicted molar refractivity (Wildman–Crippen MR) is 84.7 cm³/mol. The van der Waals surface area contributed by atoms with Gasteiger partial charge in [0.15, 0.2) is 0 Å². The number of aromatic nitrogens is 2. The number of pyridine rings is 1. The molecule has 1 N–H and O–H groups in total. The summed E-state index contributed by atoms with van der Waals surface area (Å²) in [6.45, 7) is 1.05. The van der Waals surface area contributed by atoms with E-state index in [1.54, 1.807) is 17.5 Å². The summed E-state index contributed by atoms with van der Waals surface area (Å²) in [6.07, 6.45) is 4.07. The van der Waals surface area contributed by atoms with E-state index in [9.17, 15) is 0 Å². The van der Waals surface area contributed by atoms with Gasteiger partial charge in [0.25, 0.3) is 0 Å². The standard InChI is InChI=1S/C15H12ClN3S/c16-14-7-12-13(8-18-14)20-15(19-12)10-3-1-5-11-9(10)4-2-6-17-11/h1,3,5,7-8,17H,2,4,6H2. The molecule has 100 valence electrons. The lowest BCUT2D eigenvalue weighted by Crippen LogP contribution is -2.12. The van der Waals surface area contributed by atoms with Gasteiger partial charge in [-0.1, -0.05) is 23.7 Å². The smallest absolute Gasteiger partial charge is 0.131 e. The van der Waals surface area contributed by atoms with Crippen molar-refractivity contribution in [3.05, 3.63) is 41.2 Å². The zero-order valence-corrected chi connectivity index (χ0v) is 12.3. The molecule has 0 spiro atoms. The first-order valence-corrected chi connectivity index (χ1v) is 7.79. The minimum absolute atomic E-state index is 0.492. The number of hydrogen-bond acceptors (Lipinski definition) is 4. The highest BCUT2D eigenvalue weighted by atomic mass is 35.5. The van der Waals surface area contributed by atoms with Crippen molar-refractivity contribution in [2.45, 2.75) is 12.8 Å². The zero-order chi connectivity index (χ0) is 13.5. The number of thiazole rings is 1. The average Bonchev–Trinajstić information content (AvgIpc) is 2.89. The lowest BCUT2D eigenvalue weighted by Gasteiger charge is -2.20. The molecule has 0 bridgehead atoms. The molecule has 0 saturated heterocycles. The number of halogens is 1. The van der Waals surface area contributed by atoms with Crippen LogP contribution in [0.4, 0.5) is 5.69 Å². The van der Waals surface area contributed by atoms with E-state index in [-0.39, 0.29) is 0 Å². The van der Waals surface area contributed by atoms with Crippen LogP contribution in [0.1, 0.15) is 12.0 Å². The molecule has 0 unspecified atom stereocenters. The van der Waals surface area contributed by atoms with Crippen molar-refractivity contribution >= 4 is 38.8 Å². The molecule has 3 heterocycles. The highest BCUT2D eigenvalue weighted by molar-refractivity contribution is 7.21. The Bertz CT molecular complexity index is 797. The summed E-state index contributed by atoms with van der Waals surface area (Å²) in [5.41, 5.74) is 4.76. The molecule has 3 aromatic rings. The van der Waals surface area contributed by atoms with Crippen LogP contribution in [-0.4, -0.2) is 16.5 Å². The first kappa shape index (κ1) is 12.1. The molecule has 2 aromatic heterocycles. The van der Waals surface area contributed by atoms with Crippen molar-refractivity contribution in [1.82, 2.24) is 9.97 Å². The van der Waals surface area contributed by atoms with Gasteiger partial charge in [0.05, 0.1) is 10.2 Å². The first-order chi connectivity index (χ1) is 9.81. The molecule has 1 aromatic carbocycles. The van der Waals surface area contributed by atoms with E-state index in [0.29, 0.717) is 5.15 Å². The second-order valence-electron chi connectivity index (χ2n) is 4.86.